The summed E-state index contributed by atoms with van der Waals surface area (Å²) in [6.45, 7) is 5.49. The fourth-order valence-corrected chi connectivity index (χ4v) is 1.78. The highest BCUT2D eigenvalue weighted by Crippen LogP contribution is 2.18. The molecule has 0 bridgehead atoms. The van der Waals surface area contributed by atoms with Crippen LogP contribution in [0.5, 0.6) is 5.75 Å². The average molecular weight is 219 g/mol. The van der Waals surface area contributed by atoms with Crippen LogP contribution in [0.3, 0.4) is 0 Å². The number of piperidine rings is 1. The zero-order chi connectivity index (χ0) is 11.5. The van der Waals surface area contributed by atoms with E-state index in [2.05, 4.69) is 12.2 Å². The van der Waals surface area contributed by atoms with E-state index in [1.807, 2.05) is 25.1 Å². The monoisotopic (exact) mass is 219 g/mol. The molecule has 1 N–H and O–H groups in total. The number of rotatable bonds is 2. The minimum atomic E-state index is -0.323. The molecule has 3 nitrogen and oxygen atoms in total. The van der Waals surface area contributed by atoms with Crippen LogP contribution >= 0.6 is 0 Å². The molecule has 1 fully saturated rings. The summed E-state index contributed by atoms with van der Waals surface area (Å²) in [6.07, 6.45) is 0.242. The SMILES string of the molecule is Cc1ccc(OC2CNCCC2=O)cc1C. The summed E-state index contributed by atoms with van der Waals surface area (Å²) < 4.78 is 5.69. The van der Waals surface area contributed by atoms with Crippen LogP contribution in [0.15, 0.2) is 18.2 Å². The molecule has 0 aromatic heterocycles. The number of benzene rings is 1. The highest BCUT2D eigenvalue weighted by Gasteiger charge is 2.23. The first-order chi connectivity index (χ1) is 7.66. The van der Waals surface area contributed by atoms with Gasteiger partial charge in [-0.2, -0.15) is 0 Å². The van der Waals surface area contributed by atoms with Crippen molar-refractivity contribution in [2.45, 2.75) is 26.4 Å². The minimum absolute atomic E-state index is 0.192. The second-order valence-electron chi connectivity index (χ2n) is 4.27. The highest BCUT2D eigenvalue weighted by molar-refractivity contribution is 5.84. The first-order valence-electron chi connectivity index (χ1n) is 5.64. The van der Waals surface area contributed by atoms with E-state index in [4.69, 9.17) is 4.74 Å². The van der Waals surface area contributed by atoms with Crippen molar-refractivity contribution < 1.29 is 9.53 Å². The van der Waals surface area contributed by atoms with Crippen LogP contribution in [0.2, 0.25) is 0 Å². The van der Waals surface area contributed by atoms with Crippen LogP contribution in [-0.4, -0.2) is 25.0 Å². The van der Waals surface area contributed by atoms with E-state index in [1.165, 1.54) is 11.1 Å². The predicted molar refractivity (Wildman–Crippen MR) is 62.8 cm³/mol. The molecular formula is C13H17NO2. The topological polar surface area (TPSA) is 38.3 Å². The Balaban J connectivity index is 2.08. The quantitative estimate of drug-likeness (QED) is 0.821. The van der Waals surface area contributed by atoms with Gasteiger partial charge in [0.1, 0.15) is 5.75 Å². The van der Waals surface area contributed by atoms with E-state index < -0.39 is 0 Å². The van der Waals surface area contributed by atoms with Gasteiger partial charge in [0.2, 0.25) is 0 Å². The first kappa shape index (κ1) is 11.1. The molecule has 0 aliphatic carbocycles. The summed E-state index contributed by atoms with van der Waals surface area (Å²) in [7, 11) is 0. The second kappa shape index (κ2) is 4.66. The van der Waals surface area contributed by atoms with E-state index in [0.717, 1.165) is 12.3 Å². The smallest absolute Gasteiger partial charge is 0.175 e. The lowest BCUT2D eigenvalue weighted by Gasteiger charge is -2.23. The molecule has 1 aromatic carbocycles. The van der Waals surface area contributed by atoms with Crippen LogP contribution in [0.4, 0.5) is 0 Å². The zero-order valence-corrected chi connectivity index (χ0v) is 9.75. The zero-order valence-electron chi connectivity index (χ0n) is 9.75. The van der Waals surface area contributed by atoms with Crippen LogP contribution in [0, 0.1) is 13.8 Å². The van der Waals surface area contributed by atoms with Gasteiger partial charge in [-0.05, 0) is 37.1 Å². The van der Waals surface area contributed by atoms with Crippen LogP contribution < -0.4 is 10.1 Å². The molecule has 1 saturated heterocycles. The Morgan fingerprint density at radius 1 is 1.31 bits per heavy atom. The molecule has 16 heavy (non-hydrogen) atoms. The number of Topliss-reactive ketones (excluding diaryl/α,β-unsaturated/α-hetero) is 1. The Morgan fingerprint density at radius 2 is 2.12 bits per heavy atom. The first-order valence-corrected chi connectivity index (χ1v) is 5.64. The number of nitrogens with one attached hydrogen (secondary N) is 1. The molecule has 1 atom stereocenters. The number of hydrogen-bond donors (Lipinski definition) is 1. The van der Waals surface area contributed by atoms with Crippen molar-refractivity contribution >= 4 is 5.78 Å². The minimum Gasteiger partial charge on any atom is -0.481 e. The lowest BCUT2D eigenvalue weighted by atomic mass is 10.1. The van der Waals surface area contributed by atoms with Gasteiger partial charge < -0.3 is 10.1 Å². The maximum atomic E-state index is 11.6. The van der Waals surface area contributed by atoms with Crippen molar-refractivity contribution in [1.29, 1.82) is 0 Å². The molecule has 0 amide bonds. The van der Waals surface area contributed by atoms with Crippen LogP contribution in [0.25, 0.3) is 0 Å². The second-order valence-corrected chi connectivity index (χ2v) is 4.27. The molecule has 2 rings (SSSR count). The molecule has 0 saturated carbocycles. The Morgan fingerprint density at radius 3 is 2.81 bits per heavy atom. The fraction of sp³-hybridized carbons (Fsp3) is 0.462. The maximum absolute atomic E-state index is 11.6. The van der Waals surface area contributed by atoms with E-state index in [9.17, 15) is 4.79 Å². The molecule has 1 aromatic rings. The van der Waals surface area contributed by atoms with Crippen molar-refractivity contribution in [2.24, 2.45) is 0 Å². The van der Waals surface area contributed by atoms with Crippen molar-refractivity contribution in [3.8, 4) is 5.75 Å². The third-order valence-corrected chi connectivity index (χ3v) is 2.99. The highest BCUT2D eigenvalue weighted by atomic mass is 16.5. The molecule has 1 unspecified atom stereocenters. The molecule has 1 aliphatic rings. The molecular weight excluding hydrogens is 202 g/mol. The predicted octanol–water partition coefficient (Wildman–Crippen LogP) is 1.61. The van der Waals surface area contributed by atoms with Crippen molar-refractivity contribution in [3.05, 3.63) is 29.3 Å². The van der Waals surface area contributed by atoms with E-state index in [-0.39, 0.29) is 11.9 Å². The number of ketones is 1. The van der Waals surface area contributed by atoms with Gasteiger partial charge in [0.05, 0.1) is 0 Å². The Hall–Kier alpha value is -1.35. The number of ether oxygens (including phenoxy) is 1. The summed E-state index contributed by atoms with van der Waals surface area (Å²) in [4.78, 5) is 11.6. The lowest BCUT2D eigenvalue weighted by Crippen LogP contribution is -2.44. The van der Waals surface area contributed by atoms with Crippen LogP contribution in [-0.2, 0) is 4.79 Å². The van der Waals surface area contributed by atoms with Crippen molar-refractivity contribution in [2.75, 3.05) is 13.1 Å². The maximum Gasteiger partial charge on any atom is 0.175 e. The summed E-state index contributed by atoms with van der Waals surface area (Å²) in [5.41, 5.74) is 2.43. The normalized spacial score (nSPS) is 20.9. The Bertz CT molecular complexity index is 401. The molecule has 86 valence electrons. The standard InChI is InChI=1S/C13H17NO2/c1-9-3-4-11(7-10(9)2)16-13-8-14-6-5-12(13)15/h3-4,7,13-14H,5-6,8H2,1-2H3. The number of aryl methyl sites for hydroxylation is 2. The molecule has 1 aliphatic heterocycles. The average Bonchev–Trinajstić information content (AvgIpc) is 2.27. The van der Waals surface area contributed by atoms with Gasteiger partial charge in [-0.1, -0.05) is 6.07 Å². The van der Waals surface area contributed by atoms with Crippen molar-refractivity contribution in [1.82, 2.24) is 5.32 Å². The van der Waals surface area contributed by atoms with Gasteiger partial charge in [-0.3, -0.25) is 4.79 Å². The van der Waals surface area contributed by atoms with Gasteiger partial charge in [0.25, 0.3) is 0 Å². The summed E-state index contributed by atoms with van der Waals surface area (Å²) in [5, 5.41) is 3.17. The van der Waals surface area contributed by atoms with Gasteiger partial charge in [-0.15, -0.1) is 0 Å². The van der Waals surface area contributed by atoms with E-state index in [1.54, 1.807) is 0 Å². The summed E-state index contributed by atoms with van der Waals surface area (Å²) >= 11 is 0. The van der Waals surface area contributed by atoms with E-state index >= 15 is 0 Å². The van der Waals surface area contributed by atoms with Gasteiger partial charge in [-0.25, -0.2) is 0 Å². The van der Waals surface area contributed by atoms with E-state index in [0.29, 0.717) is 13.0 Å². The largest absolute Gasteiger partial charge is 0.481 e. The summed E-state index contributed by atoms with van der Waals surface area (Å²) in [5.74, 6) is 0.974. The molecule has 0 radical (unpaired) electrons. The lowest BCUT2D eigenvalue weighted by molar-refractivity contribution is -0.126. The Labute approximate surface area is 95.8 Å². The van der Waals surface area contributed by atoms with Crippen LogP contribution in [0.1, 0.15) is 17.5 Å². The third kappa shape index (κ3) is 2.42. The number of carbonyl (C=O) groups excluding carboxylic acids is 1. The molecule has 0 spiro atoms. The van der Waals surface area contributed by atoms with Gasteiger partial charge in [0, 0.05) is 19.5 Å². The third-order valence-electron chi connectivity index (χ3n) is 2.99. The Kier molecular flexibility index (Phi) is 3.25. The fourth-order valence-electron chi connectivity index (χ4n) is 1.78. The van der Waals surface area contributed by atoms with Gasteiger partial charge >= 0.3 is 0 Å². The number of hydrogen-bond acceptors (Lipinski definition) is 3. The molecule has 1 heterocycles. The van der Waals surface area contributed by atoms with Crippen molar-refractivity contribution in [3.63, 3.8) is 0 Å². The number of carbonyl (C=O) groups is 1. The van der Waals surface area contributed by atoms with Gasteiger partial charge in [0.15, 0.2) is 11.9 Å². The summed E-state index contributed by atoms with van der Waals surface area (Å²) in [6, 6.07) is 5.92. The molecule has 3 heteroatoms.